The highest BCUT2D eigenvalue weighted by molar-refractivity contribution is 5.61. The molecule has 1 aromatic carbocycles. The number of aromatic nitrogens is 1. The maximum absolute atomic E-state index is 11.0. The molecule has 5 nitrogen and oxygen atoms in total. The fourth-order valence-electron chi connectivity index (χ4n) is 2.95. The average molecular weight is 311 g/mol. The van der Waals surface area contributed by atoms with E-state index >= 15 is 0 Å². The molecule has 1 saturated heterocycles. The van der Waals surface area contributed by atoms with E-state index in [0.29, 0.717) is 5.82 Å². The van der Waals surface area contributed by atoms with Gasteiger partial charge < -0.3 is 16.0 Å². The van der Waals surface area contributed by atoms with E-state index in [1.54, 1.807) is 6.07 Å². The van der Waals surface area contributed by atoms with Gasteiger partial charge in [0.25, 0.3) is 0 Å². The molecule has 121 valence electrons. The first kappa shape index (κ1) is 15.9. The van der Waals surface area contributed by atoms with Crippen molar-refractivity contribution in [2.45, 2.75) is 12.5 Å². The first-order valence-corrected chi connectivity index (χ1v) is 8.10. The van der Waals surface area contributed by atoms with Gasteiger partial charge in [0.05, 0.1) is 12.3 Å². The van der Waals surface area contributed by atoms with Crippen molar-refractivity contribution in [2.75, 3.05) is 38.5 Å². The Morgan fingerprint density at radius 1 is 1.22 bits per heavy atom. The molecule has 1 aromatic heterocycles. The standard InChI is InChI=1S/C18H23N4O/c19-18-3-1-2-17(21-18)15-6-4-14(5-7-15)8-10-22-11-9-20-16(12-22)13-23/h1-7,16,20H,8-13H2,(H2,19,21). The van der Waals surface area contributed by atoms with Gasteiger partial charge in [-0.2, -0.15) is 0 Å². The second-order valence-electron chi connectivity index (χ2n) is 6.01. The van der Waals surface area contributed by atoms with Gasteiger partial charge in [0.1, 0.15) is 5.82 Å². The predicted octanol–water partition coefficient (Wildman–Crippen LogP) is 1.58. The van der Waals surface area contributed by atoms with Crippen molar-refractivity contribution in [1.29, 1.82) is 0 Å². The van der Waals surface area contributed by atoms with Gasteiger partial charge in [-0.15, -0.1) is 0 Å². The molecule has 0 saturated carbocycles. The highest BCUT2D eigenvalue weighted by atomic mass is 16.3. The monoisotopic (exact) mass is 311 g/mol. The Balaban J connectivity index is 1.57. The molecule has 0 spiro atoms. The Labute approximate surface area is 137 Å². The van der Waals surface area contributed by atoms with Gasteiger partial charge in [-0.05, 0) is 24.1 Å². The van der Waals surface area contributed by atoms with Gasteiger partial charge in [0.2, 0.25) is 0 Å². The molecular weight excluding hydrogens is 288 g/mol. The normalized spacial score (nSPS) is 18.9. The highest BCUT2D eigenvalue weighted by Crippen LogP contribution is 2.19. The minimum atomic E-state index is -0.0433. The largest absolute Gasteiger partial charge is 0.384 e. The molecule has 1 radical (unpaired) electrons. The third-order valence-corrected chi connectivity index (χ3v) is 4.28. The first-order chi connectivity index (χ1) is 11.2. The van der Waals surface area contributed by atoms with Crippen molar-refractivity contribution in [3.8, 4) is 11.3 Å². The van der Waals surface area contributed by atoms with Crippen LogP contribution in [0, 0.1) is 0 Å². The molecule has 1 atom stereocenters. The van der Waals surface area contributed by atoms with Gasteiger partial charge in [-0.1, -0.05) is 30.3 Å². The quantitative estimate of drug-likeness (QED) is 0.879. The van der Waals surface area contributed by atoms with Crippen LogP contribution >= 0.6 is 0 Å². The summed E-state index contributed by atoms with van der Waals surface area (Å²) in [5.74, 6) is 0.540. The van der Waals surface area contributed by atoms with Gasteiger partial charge >= 0.3 is 0 Å². The molecule has 1 aliphatic rings. The number of piperazine rings is 1. The van der Waals surface area contributed by atoms with Crippen LogP contribution in [0.3, 0.4) is 0 Å². The number of nitrogens with zero attached hydrogens (tertiary/aromatic N) is 2. The lowest BCUT2D eigenvalue weighted by molar-refractivity contribution is 0.109. The van der Waals surface area contributed by atoms with E-state index in [1.807, 2.05) is 12.1 Å². The van der Waals surface area contributed by atoms with Gasteiger partial charge in [-0.3, -0.25) is 0 Å². The van der Waals surface area contributed by atoms with Gasteiger partial charge in [0, 0.05) is 37.8 Å². The molecule has 1 fully saturated rings. The first-order valence-electron chi connectivity index (χ1n) is 8.10. The minimum Gasteiger partial charge on any atom is -0.384 e. The Kier molecular flexibility index (Phi) is 5.23. The highest BCUT2D eigenvalue weighted by Gasteiger charge is 2.18. The predicted molar refractivity (Wildman–Crippen MR) is 91.6 cm³/mol. The van der Waals surface area contributed by atoms with E-state index < -0.39 is 0 Å². The zero-order chi connectivity index (χ0) is 16.1. The van der Waals surface area contributed by atoms with Crippen LogP contribution in [0.1, 0.15) is 5.56 Å². The van der Waals surface area contributed by atoms with E-state index in [4.69, 9.17) is 5.73 Å². The molecule has 3 N–H and O–H groups in total. The molecule has 2 aromatic rings. The Morgan fingerprint density at radius 2 is 2.04 bits per heavy atom. The van der Waals surface area contributed by atoms with E-state index in [9.17, 15) is 5.11 Å². The Bertz CT molecular complexity index is 629. The van der Waals surface area contributed by atoms with E-state index in [0.717, 1.165) is 43.9 Å². The molecule has 2 heterocycles. The van der Waals surface area contributed by atoms with E-state index in [2.05, 4.69) is 39.5 Å². The fourth-order valence-corrected chi connectivity index (χ4v) is 2.95. The SMILES string of the molecule is Nc1cccc(-c2ccc(CCN3CCNC(C[O])C3)cc2)n1. The number of anilines is 1. The topological polar surface area (TPSA) is 74.1 Å². The van der Waals surface area contributed by atoms with Crippen LogP contribution in [0.2, 0.25) is 0 Å². The molecular formula is C18H23N4O. The smallest absolute Gasteiger partial charge is 0.124 e. The van der Waals surface area contributed by atoms with Crippen molar-refractivity contribution in [3.63, 3.8) is 0 Å². The van der Waals surface area contributed by atoms with E-state index in [-0.39, 0.29) is 12.6 Å². The van der Waals surface area contributed by atoms with Gasteiger partial charge in [0.15, 0.2) is 0 Å². The maximum atomic E-state index is 11.0. The number of hydrogen-bond acceptors (Lipinski definition) is 4. The molecule has 5 heteroatoms. The zero-order valence-corrected chi connectivity index (χ0v) is 13.2. The zero-order valence-electron chi connectivity index (χ0n) is 13.2. The van der Waals surface area contributed by atoms with Crippen molar-refractivity contribution >= 4 is 5.82 Å². The summed E-state index contributed by atoms with van der Waals surface area (Å²) in [6.07, 6.45) is 0.996. The summed E-state index contributed by atoms with van der Waals surface area (Å²) >= 11 is 0. The van der Waals surface area contributed by atoms with Crippen molar-refractivity contribution in [3.05, 3.63) is 48.0 Å². The molecule has 0 aliphatic carbocycles. The average Bonchev–Trinajstić information content (AvgIpc) is 2.60. The molecule has 0 amide bonds. The third kappa shape index (κ3) is 4.28. The number of hydrogen-bond donors (Lipinski definition) is 2. The summed E-state index contributed by atoms with van der Waals surface area (Å²) in [4.78, 5) is 6.71. The van der Waals surface area contributed by atoms with Crippen LogP contribution in [0.15, 0.2) is 42.5 Å². The van der Waals surface area contributed by atoms with Crippen LogP contribution in [0.4, 0.5) is 5.82 Å². The molecule has 3 rings (SSSR count). The second kappa shape index (κ2) is 7.55. The summed E-state index contributed by atoms with van der Waals surface area (Å²) in [7, 11) is 0. The molecule has 1 unspecified atom stereocenters. The number of nitrogen functional groups attached to an aromatic ring is 1. The van der Waals surface area contributed by atoms with Crippen molar-refractivity contribution in [1.82, 2.24) is 15.2 Å². The summed E-state index contributed by atoms with van der Waals surface area (Å²) in [5.41, 5.74) is 9.01. The lowest BCUT2D eigenvalue weighted by Gasteiger charge is -2.32. The summed E-state index contributed by atoms with van der Waals surface area (Å²) in [5, 5.41) is 14.3. The van der Waals surface area contributed by atoms with Crippen LogP contribution in [0.5, 0.6) is 0 Å². The van der Waals surface area contributed by atoms with Crippen LogP contribution in [0.25, 0.3) is 11.3 Å². The molecule has 1 aliphatic heterocycles. The Hall–Kier alpha value is -1.95. The summed E-state index contributed by atoms with van der Waals surface area (Å²) in [6, 6.07) is 14.3. The van der Waals surface area contributed by atoms with E-state index in [1.165, 1.54) is 5.56 Å². The Morgan fingerprint density at radius 3 is 2.78 bits per heavy atom. The summed E-state index contributed by atoms with van der Waals surface area (Å²) in [6.45, 7) is 3.73. The second-order valence-corrected chi connectivity index (χ2v) is 6.01. The van der Waals surface area contributed by atoms with Gasteiger partial charge in [-0.25, -0.2) is 10.1 Å². The van der Waals surface area contributed by atoms with Crippen LogP contribution in [-0.2, 0) is 11.5 Å². The van der Waals surface area contributed by atoms with Crippen molar-refractivity contribution in [2.24, 2.45) is 0 Å². The number of nitrogens with two attached hydrogens (primary N) is 1. The lowest BCUT2D eigenvalue weighted by Crippen LogP contribution is -2.52. The van der Waals surface area contributed by atoms with Crippen LogP contribution < -0.4 is 11.1 Å². The minimum absolute atomic E-state index is 0.0433. The van der Waals surface area contributed by atoms with Crippen LogP contribution in [-0.4, -0.2) is 48.7 Å². The fraction of sp³-hybridized carbons (Fsp3) is 0.389. The molecule has 0 bridgehead atoms. The number of benzene rings is 1. The third-order valence-electron chi connectivity index (χ3n) is 4.28. The maximum Gasteiger partial charge on any atom is 0.124 e. The lowest BCUT2D eigenvalue weighted by atomic mass is 10.1. The number of pyridine rings is 1. The van der Waals surface area contributed by atoms with Crippen molar-refractivity contribution < 1.29 is 5.11 Å². The molecule has 23 heavy (non-hydrogen) atoms. The number of nitrogens with one attached hydrogen (secondary N) is 1. The number of rotatable bonds is 5. The summed E-state index contributed by atoms with van der Waals surface area (Å²) < 4.78 is 0.